The number of anilines is 2. The van der Waals surface area contributed by atoms with E-state index in [1.807, 2.05) is 23.1 Å². The molecule has 1 aromatic carbocycles. The molecule has 1 saturated heterocycles. The molecule has 0 saturated carbocycles. The Morgan fingerprint density at radius 2 is 1.90 bits per heavy atom. The number of hydrogen-bond acceptors (Lipinski definition) is 6. The van der Waals surface area contributed by atoms with Crippen LogP contribution >= 0.6 is 0 Å². The number of benzene rings is 1. The summed E-state index contributed by atoms with van der Waals surface area (Å²) in [7, 11) is 0. The highest BCUT2D eigenvalue weighted by Crippen LogP contribution is 2.11. The van der Waals surface area contributed by atoms with E-state index in [2.05, 4.69) is 20.3 Å². The maximum absolute atomic E-state index is 12.1. The Morgan fingerprint density at radius 1 is 1.14 bits per heavy atom. The number of morpholine rings is 1. The van der Waals surface area contributed by atoms with E-state index in [1.165, 1.54) is 6.33 Å². The second-order valence-electron chi connectivity index (χ2n) is 4.53. The molecule has 7 heteroatoms. The van der Waals surface area contributed by atoms with Gasteiger partial charge in [0, 0.05) is 18.7 Å². The zero-order valence-electron chi connectivity index (χ0n) is 11.4. The van der Waals surface area contributed by atoms with Gasteiger partial charge in [0.05, 0.1) is 13.2 Å². The van der Waals surface area contributed by atoms with Crippen LogP contribution in [0.4, 0.5) is 11.9 Å². The number of ether oxygens (including phenoxy) is 1. The molecule has 2 heterocycles. The molecule has 0 aliphatic carbocycles. The summed E-state index contributed by atoms with van der Waals surface area (Å²) in [5.41, 5.74) is 0.561. The Kier molecular flexibility index (Phi) is 4.02. The number of nitrogens with one attached hydrogen (secondary N) is 1. The van der Waals surface area contributed by atoms with Crippen LogP contribution in [0.25, 0.3) is 0 Å². The monoisotopic (exact) mass is 285 g/mol. The Morgan fingerprint density at radius 3 is 2.67 bits per heavy atom. The minimum atomic E-state index is -0.241. The second kappa shape index (κ2) is 6.27. The average molecular weight is 285 g/mol. The number of hydrogen-bond donors (Lipinski definition) is 1. The highest BCUT2D eigenvalue weighted by molar-refractivity contribution is 6.03. The first-order valence-corrected chi connectivity index (χ1v) is 6.71. The number of rotatable bonds is 3. The van der Waals surface area contributed by atoms with Crippen molar-refractivity contribution in [3.8, 4) is 0 Å². The quantitative estimate of drug-likeness (QED) is 0.904. The third-order valence-electron chi connectivity index (χ3n) is 3.11. The summed E-state index contributed by atoms with van der Waals surface area (Å²) in [4.78, 5) is 26.5. The molecule has 3 rings (SSSR count). The van der Waals surface area contributed by atoms with Crippen LogP contribution in [0.3, 0.4) is 0 Å². The van der Waals surface area contributed by atoms with Crippen molar-refractivity contribution in [2.45, 2.75) is 0 Å². The predicted molar refractivity (Wildman–Crippen MR) is 77.3 cm³/mol. The first-order chi connectivity index (χ1) is 10.3. The third kappa shape index (κ3) is 3.32. The third-order valence-corrected chi connectivity index (χ3v) is 3.11. The van der Waals surface area contributed by atoms with Gasteiger partial charge in [-0.25, -0.2) is 9.97 Å². The fourth-order valence-electron chi connectivity index (χ4n) is 2.03. The highest BCUT2D eigenvalue weighted by atomic mass is 16.5. The van der Waals surface area contributed by atoms with Gasteiger partial charge in [-0.2, -0.15) is 4.98 Å². The summed E-state index contributed by atoms with van der Waals surface area (Å²) < 4.78 is 5.29. The fourth-order valence-corrected chi connectivity index (χ4v) is 2.03. The van der Waals surface area contributed by atoms with Crippen molar-refractivity contribution >= 4 is 17.8 Å². The number of aromatic nitrogens is 3. The smallest absolute Gasteiger partial charge is 0.258 e. The van der Waals surface area contributed by atoms with Gasteiger partial charge in [0.1, 0.15) is 6.33 Å². The van der Waals surface area contributed by atoms with Crippen molar-refractivity contribution in [1.29, 1.82) is 0 Å². The average Bonchev–Trinajstić information content (AvgIpc) is 2.57. The summed E-state index contributed by atoms with van der Waals surface area (Å²) in [6, 6.07) is 8.94. The molecule has 1 N–H and O–H groups in total. The molecule has 7 nitrogen and oxygen atoms in total. The Balaban J connectivity index is 1.72. The summed E-state index contributed by atoms with van der Waals surface area (Å²) >= 11 is 0. The Bertz CT molecular complexity index is 614. The topological polar surface area (TPSA) is 80.2 Å². The van der Waals surface area contributed by atoms with Crippen LogP contribution in [0.15, 0.2) is 36.7 Å². The molecule has 0 atom stereocenters. The minimum Gasteiger partial charge on any atom is -0.378 e. The van der Waals surface area contributed by atoms with Crippen LogP contribution in [-0.4, -0.2) is 47.2 Å². The largest absolute Gasteiger partial charge is 0.378 e. The van der Waals surface area contributed by atoms with E-state index in [0.717, 1.165) is 13.1 Å². The van der Waals surface area contributed by atoms with E-state index in [4.69, 9.17) is 4.74 Å². The highest BCUT2D eigenvalue weighted by Gasteiger charge is 2.15. The van der Waals surface area contributed by atoms with Crippen LogP contribution in [0.2, 0.25) is 0 Å². The molecule has 2 aromatic rings. The standard InChI is InChI=1S/C14H15N5O2/c20-12(11-4-2-1-3-5-11)17-13-15-10-16-14(18-13)19-6-8-21-9-7-19/h1-5,10H,6-9H2,(H,15,16,17,18,20). The molecule has 1 aliphatic rings. The molecule has 0 unspecified atom stereocenters. The normalized spacial score (nSPS) is 14.8. The lowest BCUT2D eigenvalue weighted by Crippen LogP contribution is -2.37. The first-order valence-electron chi connectivity index (χ1n) is 6.71. The van der Waals surface area contributed by atoms with Crippen LogP contribution in [0, 0.1) is 0 Å². The number of carbonyl (C=O) groups excluding carboxylic acids is 1. The van der Waals surface area contributed by atoms with Gasteiger partial charge in [-0.15, -0.1) is 0 Å². The van der Waals surface area contributed by atoms with E-state index >= 15 is 0 Å². The van der Waals surface area contributed by atoms with E-state index in [-0.39, 0.29) is 11.9 Å². The number of carbonyl (C=O) groups is 1. The minimum absolute atomic E-state index is 0.241. The van der Waals surface area contributed by atoms with Gasteiger partial charge in [0.15, 0.2) is 0 Å². The van der Waals surface area contributed by atoms with Gasteiger partial charge in [-0.3, -0.25) is 10.1 Å². The van der Waals surface area contributed by atoms with Gasteiger partial charge in [-0.1, -0.05) is 18.2 Å². The van der Waals surface area contributed by atoms with Crippen molar-refractivity contribution in [2.75, 3.05) is 36.5 Å². The van der Waals surface area contributed by atoms with Gasteiger partial charge in [-0.05, 0) is 12.1 Å². The molecule has 1 amide bonds. The van der Waals surface area contributed by atoms with E-state index in [1.54, 1.807) is 12.1 Å². The van der Waals surface area contributed by atoms with Gasteiger partial charge < -0.3 is 9.64 Å². The summed E-state index contributed by atoms with van der Waals surface area (Å²) in [5.74, 6) is 0.562. The second-order valence-corrected chi connectivity index (χ2v) is 4.53. The van der Waals surface area contributed by atoms with Crippen LogP contribution in [0.5, 0.6) is 0 Å². The van der Waals surface area contributed by atoms with Crippen LogP contribution < -0.4 is 10.2 Å². The molecule has 108 valence electrons. The maximum Gasteiger partial charge on any atom is 0.258 e. The lowest BCUT2D eigenvalue weighted by atomic mass is 10.2. The first kappa shape index (κ1) is 13.4. The summed E-state index contributed by atoms with van der Waals surface area (Å²) in [6.45, 7) is 2.76. The van der Waals surface area contributed by atoms with E-state index in [0.29, 0.717) is 24.7 Å². The summed E-state index contributed by atoms with van der Waals surface area (Å²) in [5, 5.41) is 2.68. The molecule has 0 radical (unpaired) electrons. The lowest BCUT2D eigenvalue weighted by molar-refractivity contribution is 0.102. The van der Waals surface area contributed by atoms with Crippen molar-refractivity contribution < 1.29 is 9.53 Å². The van der Waals surface area contributed by atoms with Gasteiger partial charge >= 0.3 is 0 Å². The van der Waals surface area contributed by atoms with Crippen molar-refractivity contribution in [3.63, 3.8) is 0 Å². The number of nitrogens with zero attached hydrogens (tertiary/aromatic N) is 4. The molecular formula is C14H15N5O2. The molecule has 0 bridgehead atoms. The number of amides is 1. The van der Waals surface area contributed by atoms with Crippen molar-refractivity contribution in [2.24, 2.45) is 0 Å². The molecular weight excluding hydrogens is 270 g/mol. The maximum atomic E-state index is 12.1. The SMILES string of the molecule is O=C(Nc1ncnc(N2CCOCC2)n1)c1ccccc1. The zero-order valence-corrected chi connectivity index (χ0v) is 11.4. The predicted octanol–water partition coefficient (Wildman–Crippen LogP) is 0.960. The molecule has 0 spiro atoms. The zero-order chi connectivity index (χ0) is 14.5. The van der Waals surface area contributed by atoms with E-state index in [9.17, 15) is 4.79 Å². The molecule has 1 fully saturated rings. The summed E-state index contributed by atoms with van der Waals surface area (Å²) in [6.07, 6.45) is 1.40. The molecule has 21 heavy (non-hydrogen) atoms. The van der Waals surface area contributed by atoms with Crippen LogP contribution in [-0.2, 0) is 4.74 Å². The fraction of sp³-hybridized carbons (Fsp3) is 0.286. The van der Waals surface area contributed by atoms with E-state index < -0.39 is 0 Å². The van der Waals surface area contributed by atoms with Crippen LogP contribution in [0.1, 0.15) is 10.4 Å². The molecule has 1 aliphatic heterocycles. The molecule has 1 aromatic heterocycles. The lowest BCUT2D eigenvalue weighted by Gasteiger charge is -2.26. The Labute approximate surface area is 122 Å². The van der Waals surface area contributed by atoms with Crippen molar-refractivity contribution in [1.82, 2.24) is 15.0 Å². The van der Waals surface area contributed by atoms with Crippen molar-refractivity contribution in [3.05, 3.63) is 42.2 Å². The Hall–Kier alpha value is -2.54. The van der Waals surface area contributed by atoms with Gasteiger partial charge in [0.2, 0.25) is 11.9 Å². The van der Waals surface area contributed by atoms with Gasteiger partial charge in [0.25, 0.3) is 5.91 Å².